The summed E-state index contributed by atoms with van der Waals surface area (Å²) < 4.78 is 24.7. The van der Waals surface area contributed by atoms with Crippen molar-refractivity contribution in [2.24, 2.45) is 4.99 Å². The molecule has 46 heavy (non-hydrogen) atoms. The number of aliphatic hydroxyl groups is 1. The number of nitrogens with zero attached hydrogens (tertiary/aromatic N) is 1. The topological polar surface area (TPSA) is 122 Å². The highest BCUT2D eigenvalue weighted by molar-refractivity contribution is 5.83. The minimum absolute atomic E-state index is 0.0512. The van der Waals surface area contributed by atoms with Gasteiger partial charge in [-0.25, -0.2) is 0 Å². The van der Waals surface area contributed by atoms with E-state index in [4.69, 9.17) is 18.9 Å². The quantitative estimate of drug-likeness (QED) is 0.198. The Hall–Kier alpha value is -4.57. The highest BCUT2D eigenvalue weighted by atomic mass is 16.6. The molecular weight excluding hydrogens is 584 g/mol. The van der Waals surface area contributed by atoms with Crippen LogP contribution in [0.1, 0.15) is 39.8 Å². The fourth-order valence-corrected chi connectivity index (χ4v) is 7.08. The molecule has 0 saturated carbocycles. The highest BCUT2D eigenvalue weighted by Gasteiger charge is 2.38. The number of hydrogen-bond donors (Lipinski definition) is 4. The van der Waals surface area contributed by atoms with E-state index in [2.05, 4.69) is 34.6 Å². The summed E-state index contributed by atoms with van der Waals surface area (Å²) in [7, 11) is 3.36. The van der Waals surface area contributed by atoms with E-state index in [1.165, 1.54) is 12.7 Å². The molecule has 0 aromatic heterocycles. The van der Waals surface area contributed by atoms with Crippen LogP contribution >= 0.6 is 0 Å². The maximum absolute atomic E-state index is 10.6. The number of aliphatic hydroxyl groups excluding tert-OH is 1. The van der Waals surface area contributed by atoms with Crippen molar-refractivity contribution in [1.82, 2.24) is 5.32 Å². The first-order chi connectivity index (χ1) is 22.5. The second kappa shape index (κ2) is 12.7. The van der Waals surface area contributed by atoms with Crippen molar-refractivity contribution >= 4 is 6.08 Å². The third-order valence-electron chi connectivity index (χ3n) is 9.13. The van der Waals surface area contributed by atoms with E-state index in [1.54, 1.807) is 18.2 Å². The molecule has 9 nitrogen and oxygen atoms in total. The van der Waals surface area contributed by atoms with Crippen molar-refractivity contribution in [1.29, 1.82) is 0 Å². The number of ether oxygens (including phenoxy) is 4. The van der Waals surface area contributed by atoms with Gasteiger partial charge in [-0.15, -0.1) is 0 Å². The first-order valence-corrected chi connectivity index (χ1v) is 15.7. The Morgan fingerprint density at radius 3 is 2.70 bits per heavy atom. The summed E-state index contributed by atoms with van der Waals surface area (Å²) in [6.45, 7) is 1.05. The normalized spacial score (nSPS) is 19.1. The van der Waals surface area contributed by atoms with Crippen LogP contribution in [0.5, 0.6) is 28.7 Å². The van der Waals surface area contributed by atoms with Gasteiger partial charge in [0.2, 0.25) is 0 Å². The predicted octanol–water partition coefficient (Wildman–Crippen LogP) is 3.68. The van der Waals surface area contributed by atoms with Gasteiger partial charge in [-0.1, -0.05) is 24.3 Å². The predicted molar refractivity (Wildman–Crippen MR) is 173 cm³/mol. The van der Waals surface area contributed by atoms with Gasteiger partial charge in [-0.2, -0.15) is 0 Å². The molecule has 3 atom stereocenters. The van der Waals surface area contributed by atoms with Gasteiger partial charge in [0.1, 0.15) is 30.0 Å². The van der Waals surface area contributed by atoms with Crippen LogP contribution in [0.15, 0.2) is 65.7 Å². The van der Waals surface area contributed by atoms with Crippen molar-refractivity contribution < 1.29 is 34.3 Å². The van der Waals surface area contributed by atoms with Crippen molar-refractivity contribution in [2.75, 3.05) is 40.6 Å². The number of rotatable bonds is 10. The molecule has 3 aliphatic rings. The third-order valence-corrected chi connectivity index (χ3v) is 9.13. The van der Waals surface area contributed by atoms with E-state index >= 15 is 0 Å². The molecule has 1 aliphatic carbocycles. The lowest BCUT2D eigenvalue weighted by molar-refractivity contribution is -0.0428. The number of benzene rings is 4. The number of methoxy groups -OCH3 is 1. The molecule has 0 amide bonds. The summed E-state index contributed by atoms with van der Waals surface area (Å²) in [5.41, 5.74) is 7.22. The number of hydrogen-bond acceptors (Lipinski definition) is 9. The molecule has 4 aromatic carbocycles. The van der Waals surface area contributed by atoms with Gasteiger partial charge in [0.25, 0.3) is 0 Å². The van der Waals surface area contributed by atoms with E-state index in [9.17, 15) is 15.3 Å². The summed E-state index contributed by atoms with van der Waals surface area (Å²) in [5.74, 6) is 2.04. The van der Waals surface area contributed by atoms with Crippen LogP contribution in [0, 0.1) is 0 Å². The zero-order valence-corrected chi connectivity index (χ0v) is 26.0. The van der Waals surface area contributed by atoms with Crippen LogP contribution in [0.4, 0.5) is 0 Å². The van der Waals surface area contributed by atoms with Gasteiger partial charge >= 0.3 is 0 Å². The monoisotopic (exact) mass is 622 g/mol. The summed E-state index contributed by atoms with van der Waals surface area (Å²) in [6, 6.07) is 19.1. The standard InChI is InChI=1S/C37H38N2O7/c1-38-20-45-35-18-28-29-15-24(14-21-3-7-30-22(13-21)9-10-39-30)27-17-25(41)5-6-26(27)36(29)34(44-12-11-40)19-32(28)46-37(35)23-4-8-31(42)33(16-23)43-2/h3-9,13,16-17,19,24,35,37-38,40-42H,10-12,14-15,18,20H2,1-2H3. The van der Waals surface area contributed by atoms with Crippen LogP contribution < -0.4 is 30.1 Å². The summed E-state index contributed by atoms with van der Waals surface area (Å²) in [6.07, 6.45) is 3.41. The third kappa shape index (κ3) is 5.55. The molecule has 0 radical (unpaired) electrons. The average Bonchev–Trinajstić information content (AvgIpc) is 3.54. The minimum atomic E-state index is -0.476. The number of fused-ring (bicyclic) bond motifs is 6. The SMILES string of the molecule is CNCOC1Cc2c(cc(OCCO)c3c2CC(Cc2ccc4c(c2)=CCN=4)c2cc(O)ccc2-3)OC1c1ccc(O)c(OC)c1. The largest absolute Gasteiger partial charge is 0.508 e. The second-order valence-corrected chi connectivity index (χ2v) is 12.0. The van der Waals surface area contributed by atoms with E-state index < -0.39 is 6.10 Å². The lowest BCUT2D eigenvalue weighted by Gasteiger charge is -2.38. The highest BCUT2D eigenvalue weighted by Crippen LogP contribution is 2.52. The fraction of sp³-hybridized carbons (Fsp3) is 0.324. The summed E-state index contributed by atoms with van der Waals surface area (Å²) in [5, 5.41) is 35.8. The van der Waals surface area contributed by atoms with Crippen LogP contribution in [-0.2, 0) is 24.0 Å². The molecule has 238 valence electrons. The van der Waals surface area contributed by atoms with Crippen LogP contribution in [0.3, 0.4) is 0 Å². The summed E-state index contributed by atoms with van der Waals surface area (Å²) >= 11 is 0. The van der Waals surface area contributed by atoms with Crippen molar-refractivity contribution in [2.45, 2.75) is 37.4 Å². The zero-order valence-electron chi connectivity index (χ0n) is 26.0. The van der Waals surface area contributed by atoms with Crippen molar-refractivity contribution in [3.8, 4) is 39.9 Å². The van der Waals surface area contributed by atoms with Gasteiger partial charge in [0.15, 0.2) is 17.6 Å². The molecular formula is C37H38N2O7. The molecule has 0 saturated heterocycles. The molecule has 2 heterocycles. The molecule has 7 rings (SSSR count). The number of phenolic OH excluding ortho intramolecular Hbond substituents is 2. The Balaban J connectivity index is 1.35. The van der Waals surface area contributed by atoms with E-state index in [0.717, 1.165) is 50.4 Å². The van der Waals surface area contributed by atoms with Gasteiger partial charge in [0, 0.05) is 23.6 Å². The molecule has 9 heteroatoms. The second-order valence-electron chi connectivity index (χ2n) is 12.0. The lowest BCUT2D eigenvalue weighted by atomic mass is 9.73. The molecule has 4 N–H and O–H groups in total. The lowest BCUT2D eigenvalue weighted by Crippen LogP contribution is -2.36. The van der Waals surface area contributed by atoms with Crippen molar-refractivity contribution in [3.05, 3.63) is 99.1 Å². The molecule has 3 unspecified atom stereocenters. The minimum Gasteiger partial charge on any atom is -0.508 e. The maximum atomic E-state index is 10.6. The van der Waals surface area contributed by atoms with Crippen LogP contribution in [0.25, 0.3) is 17.2 Å². The molecule has 2 aliphatic heterocycles. The first kappa shape index (κ1) is 30.1. The van der Waals surface area contributed by atoms with Gasteiger partial charge in [0.05, 0.1) is 32.3 Å². The Morgan fingerprint density at radius 1 is 0.978 bits per heavy atom. The molecule has 4 aromatic rings. The Kier molecular flexibility index (Phi) is 8.29. The number of aromatic hydroxyl groups is 2. The fourth-order valence-electron chi connectivity index (χ4n) is 7.08. The smallest absolute Gasteiger partial charge is 0.160 e. The summed E-state index contributed by atoms with van der Waals surface area (Å²) in [4.78, 5) is 4.55. The maximum Gasteiger partial charge on any atom is 0.160 e. The Labute approximate surface area is 267 Å². The van der Waals surface area contributed by atoms with Gasteiger partial charge in [-0.05, 0) is 95.2 Å². The molecule has 0 bridgehead atoms. The van der Waals surface area contributed by atoms with Crippen LogP contribution in [0.2, 0.25) is 0 Å². The molecule has 0 fully saturated rings. The van der Waals surface area contributed by atoms with Crippen molar-refractivity contribution in [3.63, 3.8) is 0 Å². The molecule has 0 spiro atoms. The van der Waals surface area contributed by atoms with E-state index in [-0.39, 0.29) is 36.7 Å². The zero-order chi connectivity index (χ0) is 31.8. The average molecular weight is 623 g/mol. The number of nitrogens with one attached hydrogen (secondary N) is 1. The first-order valence-electron chi connectivity index (χ1n) is 15.7. The van der Waals surface area contributed by atoms with E-state index in [0.29, 0.717) is 43.4 Å². The van der Waals surface area contributed by atoms with Crippen LogP contribution in [-0.4, -0.2) is 62.1 Å². The number of phenols is 2. The Morgan fingerprint density at radius 2 is 1.87 bits per heavy atom. The van der Waals surface area contributed by atoms with Gasteiger partial charge < -0.3 is 34.3 Å². The Bertz CT molecular complexity index is 1910. The van der Waals surface area contributed by atoms with Gasteiger partial charge in [-0.3, -0.25) is 10.3 Å². The van der Waals surface area contributed by atoms with E-state index in [1.807, 2.05) is 31.3 Å².